The molecule has 0 aliphatic heterocycles. The first-order valence-corrected chi connectivity index (χ1v) is 7.00. The average Bonchev–Trinajstić information content (AvgIpc) is 2.33. The first-order valence-electron chi connectivity index (χ1n) is 6.12. The third-order valence-corrected chi connectivity index (χ3v) is 4.14. The van der Waals surface area contributed by atoms with Crippen LogP contribution in [0.15, 0.2) is 23.4 Å². The number of nitrogens with zero attached hydrogens (tertiary/aromatic N) is 1. The Morgan fingerprint density at radius 1 is 1.30 bits per heavy atom. The van der Waals surface area contributed by atoms with Gasteiger partial charge < -0.3 is 10.8 Å². The molecule has 7 heteroatoms. The lowest BCUT2D eigenvalue weighted by Crippen LogP contribution is -2.45. The van der Waals surface area contributed by atoms with Crippen molar-refractivity contribution in [1.82, 2.24) is 4.98 Å². The minimum absolute atomic E-state index is 0.161. The Hall–Kier alpha value is -0.790. The molecule has 3 N–H and O–H groups in total. The molecule has 114 valence electrons. The van der Waals surface area contributed by atoms with Gasteiger partial charge in [-0.05, 0) is 17.5 Å². The number of nitrogens with two attached hydrogens (primary N) is 1. The van der Waals surface area contributed by atoms with Crippen molar-refractivity contribution in [2.75, 3.05) is 6.61 Å². The van der Waals surface area contributed by atoms with Crippen molar-refractivity contribution in [3.63, 3.8) is 0 Å². The highest BCUT2D eigenvalue weighted by atomic mass is 32.2. The molecule has 3 nitrogen and oxygen atoms in total. The number of halogens is 3. The zero-order valence-electron chi connectivity index (χ0n) is 11.6. The van der Waals surface area contributed by atoms with Crippen LogP contribution >= 0.6 is 11.8 Å². The fourth-order valence-corrected chi connectivity index (χ4v) is 2.75. The van der Waals surface area contributed by atoms with Crippen molar-refractivity contribution >= 4 is 11.8 Å². The van der Waals surface area contributed by atoms with Crippen molar-refractivity contribution in [2.45, 2.75) is 43.3 Å². The summed E-state index contributed by atoms with van der Waals surface area (Å²) in [6, 6.07) is 1.97. The lowest BCUT2D eigenvalue weighted by molar-refractivity contribution is -0.137. The zero-order chi connectivity index (χ0) is 15.6. The molecule has 1 rings (SSSR count). The highest BCUT2D eigenvalue weighted by Gasteiger charge is 2.32. The molecule has 0 fully saturated rings. The van der Waals surface area contributed by atoms with E-state index in [1.807, 2.05) is 20.8 Å². The second-order valence-electron chi connectivity index (χ2n) is 5.61. The number of aliphatic hydroxyl groups excluding tert-OH is 1. The fraction of sp³-hybridized carbons (Fsp3) is 0.615. The number of aromatic nitrogens is 1. The Morgan fingerprint density at radius 3 is 2.25 bits per heavy atom. The van der Waals surface area contributed by atoms with E-state index >= 15 is 0 Å². The normalized spacial score (nSPS) is 16.0. The standard InChI is InChI=1S/C13H19F3N2OS/c1-12(2,3)11(17)9(7-19)20-10-5-4-8(6-18-10)13(14,15)16/h4-6,9,11,19H,7,17H2,1-3H3. The first kappa shape index (κ1) is 17.3. The molecule has 2 atom stereocenters. The van der Waals surface area contributed by atoms with Gasteiger partial charge in [-0.3, -0.25) is 0 Å². The van der Waals surface area contributed by atoms with Gasteiger partial charge >= 0.3 is 6.18 Å². The molecule has 2 unspecified atom stereocenters. The molecule has 0 aromatic carbocycles. The average molecular weight is 308 g/mol. The zero-order valence-corrected chi connectivity index (χ0v) is 12.4. The second-order valence-corrected chi connectivity index (χ2v) is 6.87. The molecule has 0 spiro atoms. The maximum Gasteiger partial charge on any atom is 0.417 e. The van der Waals surface area contributed by atoms with Gasteiger partial charge in [-0.15, -0.1) is 0 Å². The molecule has 0 saturated carbocycles. The highest BCUT2D eigenvalue weighted by Crippen LogP contribution is 2.33. The summed E-state index contributed by atoms with van der Waals surface area (Å²) in [6.07, 6.45) is -3.60. The lowest BCUT2D eigenvalue weighted by Gasteiger charge is -2.32. The molecule has 1 heterocycles. The maximum absolute atomic E-state index is 12.4. The molecular weight excluding hydrogens is 289 g/mol. The van der Waals surface area contributed by atoms with Gasteiger partial charge in [0.1, 0.15) is 0 Å². The predicted octanol–water partition coefficient (Wildman–Crippen LogP) is 2.93. The third-order valence-electron chi connectivity index (χ3n) is 2.92. The van der Waals surface area contributed by atoms with E-state index in [9.17, 15) is 18.3 Å². The smallest absolute Gasteiger partial charge is 0.395 e. The predicted molar refractivity (Wildman–Crippen MR) is 73.4 cm³/mol. The van der Waals surface area contributed by atoms with Crippen molar-refractivity contribution in [3.05, 3.63) is 23.9 Å². The van der Waals surface area contributed by atoms with Crippen LogP contribution in [0.25, 0.3) is 0 Å². The summed E-state index contributed by atoms with van der Waals surface area (Å²) in [6.45, 7) is 5.68. The van der Waals surface area contributed by atoms with E-state index in [0.717, 1.165) is 12.3 Å². The number of alkyl halides is 3. The van der Waals surface area contributed by atoms with E-state index in [2.05, 4.69) is 4.98 Å². The van der Waals surface area contributed by atoms with Gasteiger partial charge in [0.05, 0.1) is 17.2 Å². The molecule has 0 radical (unpaired) electrons. The summed E-state index contributed by atoms with van der Waals surface area (Å²) < 4.78 is 37.3. The van der Waals surface area contributed by atoms with E-state index in [-0.39, 0.29) is 23.3 Å². The van der Waals surface area contributed by atoms with Crippen LogP contribution in [-0.4, -0.2) is 28.0 Å². The first-order chi connectivity index (χ1) is 9.05. The van der Waals surface area contributed by atoms with Crippen LogP contribution in [0.5, 0.6) is 0 Å². The van der Waals surface area contributed by atoms with Crippen LogP contribution in [0.1, 0.15) is 26.3 Å². The summed E-state index contributed by atoms with van der Waals surface area (Å²) in [5.74, 6) is 0. The van der Waals surface area contributed by atoms with Crippen molar-refractivity contribution in [2.24, 2.45) is 11.1 Å². The van der Waals surface area contributed by atoms with E-state index in [1.165, 1.54) is 17.8 Å². The highest BCUT2D eigenvalue weighted by molar-refractivity contribution is 8.00. The van der Waals surface area contributed by atoms with Crippen molar-refractivity contribution < 1.29 is 18.3 Å². The van der Waals surface area contributed by atoms with Crippen molar-refractivity contribution in [1.29, 1.82) is 0 Å². The Balaban J connectivity index is 2.81. The van der Waals surface area contributed by atoms with E-state index < -0.39 is 11.7 Å². The molecule has 1 aromatic rings. The number of rotatable bonds is 4. The monoisotopic (exact) mass is 308 g/mol. The minimum Gasteiger partial charge on any atom is -0.395 e. The van der Waals surface area contributed by atoms with Gasteiger partial charge in [-0.1, -0.05) is 32.5 Å². The van der Waals surface area contributed by atoms with Crippen molar-refractivity contribution in [3.8, 4) is 0 Å². The number of aliphatic hydroxyl groups is 1. The quantitative estimate of drug-likeness (QED) is 0.840. The summed E-state index contributed by atoms with van der Waals surface area (Å²) in [5.41, 5.74) is 5.06. The molecule has 0 saturated heterocycles. The Morgan fingerprint density at radius 2 is 1.90 bits per heavy atom. The summed E-state index contributed by atoms with van der Waals surface area (Å²) in [4.78, 5) is 3.77. The van der Waals surface area contributed by atoms with Gasteiger partial charge in [-0.2, -0.15) is 13.2 Å². The van der Waals surface area contributed by atoms with Crippen LogP contribution in [0.4, 0.5) is 13.2 Å². The number of thioether (sulfide) groups is 1. The topological polar surface area (TPSA) is 59.1 Å². The fourth-order valence-electron chi connectivity index (χ4n) is 1.55. The summed E-state index contributed by atoms with van der Waals surface area (Å²) in [7, 11) is 0. The molecule has 0 amide bonds. The number of pyridine rings is 1. The number of hydrogen-bond acceptors (Lipinski definition) is 4. The molecule has 0 aliphatic rings. The third kappa shape index (κ3) is 4.64. The summed E-state index contributed by atoms with van der Waals surface area (Å²) >= 11 is 1.19. The largest absolute Gasteiger partial charge is 0.417 e. The summed E-state index contributed by atoms with van der Waals surface area (Å²) in [5, 5.41) is 9.49. The molecular formula is C13H19F3N2OS. The Labute approximate surface area is 120 Å². The van der Waals surface area contributed by atoms with E-state index in [1.54, 1.807) is 0 Å². The van der Waals surface area contributed by atoms with Crippen LogP contribution in [0, 0.1) is 5.41 Å². The molecule has 0 bridgehead atoms. The van der Waals surface area contributed by atoms with Gasteiger partial charge in [0, 0.05) is 17.5 Å². The molecule has 20 heavy (non-hydrogen) atoms. The van der Waals surface area contributed by atoms with Gasteiger partial charge in [0.15, 0.2) is 0 Å². The van der Waals surface area contributed by atoms with Gasteiger partial charge in [-0.25, -0.2) is 4.98 Å². The van der Waals surface area contributed by atoms with Crippen LogP contribution in [-0.2, 0) is 6.18 Å². The minimum atomic E-state index is -4.39. The SMILES string of the molecule is CC(C)(C)C(N)C(CO)Sc1ccc(C(F)(F)F)cn1. The number of hydrogen-bond donors (Lipinski definition) is 2. The second kappa shape index (κ2) is 6.32. The van der Waals surface area contributed by atoms with Crippen LogP contribution in [0.3, 0.4) is 0 Å². The van der Waals surface area contributed by atoms with Crippen LogP contribution < -0.4 is 5.73 Å². The Bertz CT molecular complexity index is 429. The molecule has 1 aromatic heterocycles. The van der Waals surface area contributed by atoms with Gasteiger partial charge in [0.25, 0.3) is 0 Å². The van der Waals surface area contributed by atoms with Gasteiger partial charge in [0.2, 0.25) is 0 Å². The lowest BCUT2D eigenvalue weighted by atomic mass is 9.85. The Kier molecular flexibility index (Phi) is 5.46. The molecule has 0 aliphatic carbocycles. The van der Waals surface area contributed by atoms with E-state index in [4.69, 9.17) is 5.73 Å². The maximum atomic E-state index is 12.4. The van der Waals surface area contributed by atoms with E-state index in [0.29, 0.717) is 5.03 Å². The van der Waals surface area contributed by atoms with Crippen LogP contribution in [0.2, 0.25) is 0 Å².